The van der Waals surface area contributed by atoms with Gasteiger partial charge in [-0.05, 0) is 61.8 Å². The Hall–Kier alpha value is -3.52. The lowest BCUT2D eigenvalue weighted by molar-refractivity contribution is -0.592. The molecular weight excluding hydrogens is 434 g/mol. The summed E-state index contributed by atoms with van der Waals surface area (Å²) < 4.78 is 58.2. The number of aromatic nitrogens is 2. The predicted octanol–water partition coefficient (Wildman–Crippen LogP) is 5.23. The second-order valence-electron chi connectivity index (χ2n) is 8.09. The summed E-state index contributed by atoms with van der Waals surface area (Å²) in [7, 11) is 0. The molecule has 0 unspecified atom stereocenters. The molecule has 0 atom stereocenters. The summed E-state index contributed by atoms with van der Waals surface area (Å²) in [6.45, 7) is 1.52. The van der Waals surface area contributed by atoms with E-state index in [4.69, 9.17) is 0 Å². The van der Waals surface area contributed by atoms with Crippen LogP contribution in [0.3, 0.4) is 0 Å². The lowest BCUT2D eigenvalue weighted by Crippen LogP contribution is -2.30. The molecule has 3 heterocycles. The molecule has 2 aromatic carbocycles. The molecule has 0 aliphatic carbocycles. The summed E-state index contributed by atoms with van der Waals surface area (Å²) in [5, 5.41) is 16.4. The number of rotatable bonds is 3. The van der Waals surface area contributed by atoms with Gasteiger partial charge in [0.25, 0.3) is 5.69 Å². The Bertz CT molecular complexity index is 1350. The topological polar surface area (TPSA) is 51.9 Å². The molecule has 0 spiro atoms. The van der Waals surface area contributed by atoms with Gasteiger partial charge in [0.15, 0.2) is 6.20 Å². The quantitative estimate of drug-likeness (QED) is 0.263. The Labute approximate surface area is 187 Å². The molecule has 1 N–H and O–H groups in total. The van der Waals surface area contributed by atoms with Crippen molar-refractivity contribution in [3.63, 3.8) is 0 Å². The van der Waals surface area contributed by atoms with E-state index in [-0.39, 0.29) is 22.7 Å². The Morgan fingerprint density at radius 2 is 1.61 bits per heavy atom. The molecule has 2 aromatic heterocycles. The zero-order valence-electron chi connectivity index (χ0n) is 17.4. The Balaban J connectivity index is 1.87. The maximum absolute atomic E-state index is 14.8. The van der Waals surface area contributed by atoms with Crippen LogP contribution in [0.15, 0.2) is 54.7 Å². The van der Waals surface area contributed by atoms with Crippen molar-refractivity contribution >= 4 is 10.9 Å². The third kappa shape index (κ3) is 3.80. The summed E-state index contributed by atoms with van der Waals surface area (Å²) in [6, 6.07) is 9.73. The van der Waals surface area contributed by atoms with E-state index in [0.29, 0.717) is 21.4 Å². The summed E-state index contributed by atoms with van der Waals surface area (Å²) in [6.07, 6.45) is 2.63. The average Bonchev–Trinajstić information content (AvgIpc) is 2.80. The minimum absolute atomic E-state index is 0.0107. The van der Waals surface area contributed by atoms with E-state index >= 15 is 0 Å². The molecule has 1 aliphatic rings. The van der Waals surface area contributed by atoms with Crippen LogP contribution in [0.4, 0.5) is 17.6 Å². The first-order chi connectivity index (χ1) is 15.9. The third-order valence-electron chi connectivity index (χ3n) is 6.08. The van der Waals surface area contributed by atoms with Crippen LogP contribution in [0.5, 0.6) is 0 Å². The average molecular weight is 453 g/mol. The van der Waals surface area contributed by atoms with Crippen LogP contribution in [0.1, 0.15) is 24.5 Å². The van der Waals surface area contributed by atoms with Crippen molar-refractivity contribution in [3.8, 4) is 22.4 Å². The minimum atomic E-state index is -0.907. The zero-order chi connectivity index (χ0) is 23.1. The highest BCUT2D eigenvalue weighted by molar-refractivity contribution is 6.00. The van der Waals surface area contributed by atoms with Gasteiger partial charge in [0.05, 0.1) is 0 Å². The van der Waals surface area contributed by atoms with Gasteiger partial charge < -0.3 is 10.5 Å². The predicted molar refractivity (Wildman–Crippen MR) is 116 cm³/mol. The van der Waals surface area contributed by atoms with Crippen molar-refractivity contribution in [2.45, 2.75) is 18.8 Å². The van der Waals surface area contributed by atoms with Crippen LogP contribution < -0.4 is 10.0 Å². The lowest BCUT2D eigenvalue weighted by atomic mass is 9.90. The number of nitrogens with zero attached hydrogens (tertiary/aromatic N) is 2. The summed E-state index contributed by atoms with van der Waals surface area (Å²) in [4.78, 5) is 4.67. The van der Waals surface area contributed by atoms with Gasteiger partial charge in [0.2, 0.25) is 0 Å². The van der Waals surface area contributed by atoms with Crippen LogP contribution in [-0.2, 0) is 0 Å². The fourth-order valence-corrected chi connectivity index (χ4v) is 4.46. The molecule has 0 radical (unpaired) electrons. The van der Waals surface area contributed by atoms with E-state index < -0.39 is 28.8 Å². The molecule has 0 saturated carbocycles. The van der Waals surface area contributed by atoms with Crippen LogP contribution in [0.2, 0.25) is 0 Å². The van der Waals surface area contributed by atoms with Gasteiger partial charge in [0.1, 0.15) is 34.3 Å². The summed E-state index contributed by atoms with van der Waals surface area (Å²) in [5.74, 6) is -3.31. The third-order valence-corrected chi connectivity index (χ3v) is 6.08. The van der Waals surface area contributed by atoms with Gasteiger partial charge in [-0.25, -0.2) is 22.5 Å². The molecule has 5 rings (SSSR count). The minimum Gasteiger partial charge on any atom is -0.618 e. The number of hydrogen-bond donors (Lipinski definition) is 1. The van der Waals surface area contributed by atoms with Gasteiger partial charge in [-0.3, -0.25) is 0 Å². The number of benzene rings is 2. The van der Waals surface area contributed by atoms with Gasteiger partial charge in [-0.15, -0.1) is 0 Å². The number of nitrogens with one attached hydrogen (secondary N) is 1. The van der Waals surface area contributed by atoms with Gasteiger partial charge in [-0.2, -0.15) is 4.73 Å². The SMILES string of the molecule is [O-][n+]1ccc2c(-c3ccc(F)cc3F)cc(C3CCNCC3)nc2c1-c1c(F)cccc1F. The van der Waals surface area contributed by atoms with Crippen molar-refractivity contribution in [2.24, 2.45) is 0 Å². The fraction of sp³-hybridized carbons (Fsp3) is 0.200. The summed E-state index contributed by atoms with van der Waals surface area (Å²) >= 11 is 0. The van der Waals surface area contributed by atoms with E-state index in [1.54, 1.807) is 6.07 Å². The zero-order valence-corrected chi connectivity index (χ0v) is 17.4. The number of pyridine rings is 2. The van der Waals surface area contributed by atoms with E-state index in [2.05, 4.69) is 10.3 Å². The van der Waals surface area contributed by atoms with Crippen LogP contribution >= 0.6 is 0 Å². The highest BCUT2D eigenvalue weighted by atomic mass is 19.1. The number of hydrogen-bond acceptors (Lipinski definition) is 3. The number of piperidine rings is 1. The maximum atomic E-state index is 14.8. The van der Waals surface area contributed by atoms with Gasteiger partial charge in [-0.1, -0.05) is 6.07 Å². The van der Waals surface area contributed by atoms with Crippen molar-refractivity contribution in [2.75, 3.05) is 13.1 Å². The largest absolute Gasteiger partial charge is 0.618 e. The first-order valence-corrected chi connectivity index (χ1v) is 10.6. The standard InChI is InChI=1S/C25H19F4N3O/c26-15-4-5-16(21(29)12-15)18-13-22(14-6-9-30-10-7-14)31-24-17(18)8-11-32(33)25(24)23-19(27)2-1-3-20(23)28/h1-5,8,11-14,30H,6-7,9-10H2. The van der Waals surface area contributed by atoms with E-state index in [0.717, 1.165) is 56.4 Å². The van der Waals surface area contributed by atoms with Gasteiger partial charge in [0, 0.05) is 34.7 Å². The first kappa shape index (κ1) is 21.3. The van der Waals surface area contributed by atoms with Crippen LogP contribution in [0, 0.1) is 28.5 Å². The maximum Gasteiger partial charge on any atom is 0.256 e. The van der Waals surface area contributed by atoms with Crippen molar-refractivity contribution in [1.29, 1.82) is 0 Å². The smallest absolute Gasteiger partial charge is 0.256 e. The molecule has 4 aromatic rings. The monoisotopic (exact) mass is 453 g/mol. The second-order valence-corrected chi connectivity index (χ2v) is 8.09. The highest BCUT2D eigenvalue weighted by Gasteiger charge is 2.27. The molecule has 8 heteroatoms. The number of fused-ring (bicyclic) bond motifs is 1. The normalized spacial score (nSPS) is 14.7. The van der Waals surface area contributed by atoms with Crippen LogP contribution in [-0.4, -0.2) is 18.1 Å². The first-order valence-electron chi connectivity index (χ1n) is 10.6. The molecule has 1 saturated heterocycles. The fourth-order valence-electron chi connectivity index (χ4n) is 4.46. The molecule has 0 amide bonds. The lowest BCUT2D eigenvalue weighted by Gasteiger charge is -2.23. The Morgan fingerprint density at radius 3 is 2.30 bits per heavy atom. The van der Waals surface area contributed by atoms with Crippen molar-refractivity contribution in [1.82, 2.24) is 10.3 Å². The molecule has 168 valence electrons. The highest BCUT2D eigenvalue weighted by Crippen LogP contribution is 2.38. The van der Waals surface area contributed by atoms with E-state index in [9.17, 15) is 22.8 Å². The Morgan fingerprint density at radius 1 is 0.879 bits per heavy atom. The number of halogens is 4. The van der Waals surface area contributed by atoms with Crippen molar-refractivity contribution < 1.29 is 22.3 Å². The second kappa shape index (κ2) is 8.44. The molecule has 1 aliphatic heterocycles. The molecule has 33 heavy (non-hydrogen) atoms. The molecule has 0 bridgehead atoms. The van der Waals surface area contributed by atoms with E-state index in [1.807, 2.05) is 0 Å². The Kier molecular flexibility index (Phi) is 5.46. The summed E-state index contributed by atoms with van der Waals surface area (Å²) in [5.41, 5.74) is 0.353. The van der Waals surface area contributed by atoms with E-state index in [1.165, 1.54) is 18.2 Å². The molecule has 4 nitrogen and oxygen atoms in total. The van der Waals surface area contributed by atoms with Gasteiger partial charge >= 0.3 is 0 Å². The van der Waals surface area contributed by atoms with Crippen LogP contribution in [0.25, 0.3) is 33.3 Å². The molecule has 1 fully saturated rings. The molecular formula is C25H19F4N3O. The van der Waals surface area contributed by atoms with Crippen molar-refractivity contribution in [3.05, 3.63) is 88.9 Å².